The zero-order chi connectivity index (χ0) is 11.7. The second kappa shape index (κ2) is 4.01. The monoisotopic (exact) mass is 223 g/mol. The number of hydrogen-bond donors (Lipinski definition) is 1. The Morgan fingerprint density at radius 1 is 1.12 bits per heavy atom. The Morgan fingerprint density at radius 2 is 1.94 bits per heavy atom. The van der Waals surface area contributed by atoms with Gasteiger partial charge < -0.3 is 0 Å². The molecule has 0 aliphatic rings. The third-order valence-corrected chi connectivity index (χ3v) is 2.96. The summed E-state index contributed by atoms with van der Waals surface area (Å²) in [6, 6.07) is 12.4. The van der Waals surface area contributed by atoms with Gasteiger partial charge in [0.15, 0.2) is 0 Å². The molecule has 3 nitrogen and oxygen atoms in total. The third-order valence-electron chi connectivity index (χ3n) is 2.96. The lowest BCUT2D eigenvalue weighted by Gasteiger charge is -1.99. The lowest BCUT2D eigenvalue weighted by atomic mass is 10.1. The van der Waals surface area contributed by atoms with Crippen molar-refractivity contribution in [1.29, 1.82) is 0 Å². The number of benzene rings is 1. The molecule has 0 spiro atoms. The predicted octanol–water partition coefficient (Wildman–Crippen LogP) is 3.19. The maximum Gasteiger partial charge on any atom is 0.118 e. The number of aromatic amines is 1. The molecule has 3 aromatic rings. The van der Waals surface area contributed by atoms with Gasteiger partial charge in [-0.05, 0) is 24.1 Å². The maximum absolute atomic E-state index is 4.37. The van der Waals surface area contributed by atoms with Crippen LogP contribution in [-0.2, 0) is 6.42 Å². The molecular formula is C14H13N3. The first-order valence-electron chi connectivity index (χ1n) is 5.77. The first-order valence-corrected chi connectivity index (χ1v) is 5.77. The smallest absolute Gasteiger partial charge is 0.118 e. The normalized spacial score (nSPS) is 10.9. The molecule has 84 valence electrons. The lowest BCUT2D eigenvalue weighted by molar-refractivity contribution is 1.12. The molecule has 0 radical (unpaired) electrons. The van der Waals surface area contributed by atoms with Gasteiger partial charge in [0.2, 0.25) is 0 Å². The molecule has 0 aliphatic heterocycles. The van der Waals surface area contributed by atoms with E-state index in [4.69, 9.17) is 0 Å². The van der Waals surface area contributed by atoms with Crippen molar-refractivity contribution >= 4 is 11.0 Å². The van der Waals surface area contributed by atoms with Crippen LogP contribution in [0.1, 0.15) is 12.5 Å². The molecule has 0 aliphatic carbocycles. The van der Waals surface area contributed by atoms with E-state index in [1.165, 1.54) is 5.56 Å². The molecule has 17 heavy (non-hydrogen) atoms. The molecule has 0 unspecified atom stereocenters. The van der Waals surface area contributed by atoms with Crippen LogP contribution in [0, 0.1) is 0 Å². The molecule has 1 aromatic carbocycles. The number of rotatable bonds is 2. The Bertz CT molecular complexity index is 638. The highest BCUT2D eigenvalue weighted by molar-refractivity contribution is 5.89. The highest BCUT2D eigenvalue weighted by Crippen LogP contribution is 2.24. The van der Waals surface area contributed by atoms with E-state index in [9.17, 15) is 0 Å². The van der Waals surface area contributed by atoms with Crippen molar-refractivity contribution in [3.63, 3.8) is 0 Å². The minimum Gasteiger partial charge on any atom is -0.276 e. The zero-order valence-electron chi connectivity index (χ0n) is 9.64. The van der Waals surface area contributed by atoms with Crippen molar-refractivity contribution in [2.75, 3.05) is 0 Å². The molecule has 0 atom stereocenters. The summed E-state index contributed by atoms with van der Waals surface area (Å²) in [6.45, 7) is 2.15. The predicted molar refractivity (Wildman–Crippen MR) is 68.7 cm³/mol. The van der Waals surface area contributed by atoms with Crippen LogP contribution >= 0.6 is 0 Å². The fourth-order valence-electron chi connectivity index (χ4n) is 1.95. The van der Waals surface area contributed by atoms with Gasteiger partial charge in [0, 0.05) is 11.8 Å². The summed E-state index contributed by atoms with van der Waals surface area (Å²) in [5, 5.41) is 7.34. The largest absolute Gasteiger partial charge is 0.276 e. The van der Waals surface area contributed by atoms with Crippen molar-refractivity contribution in [3.8, 4) is 11.3 Å². The van der Waals surface area contributed by atoms with Crippen LogP contribution in [0.3, 0.4) is 0 Å². The standard InChI is InChI=1S/C14H13N3/c1-2-10-5-7-11(8-6-10)13-14-12(16-17-13)4-3-9-15-14/h3-9H,2H2,1H3,(H,16,17). The van der Waals surface area contributed by atoms with Crippen molar-refractivity contribution in [1.82, 2.24) is 15.2 Å². The number of aromatic nitrogens is 3. The fourth-order valence-corrected chi connectivity index (χ4v) is 1.95. The number of fused-ring (bicyclic) bond motifs is 1. The van der Waals surface area contributed by atoms with Gasteiger partial charge >= 0.3 is 0 Å². The van der Waals surface area contributed by atoms with E-state index < -0.39 is 0 Å². The summed E-state index contributed by atoms with van der Waals surface area (Å²) in [7, 11) is 0. The van der Waals surface area contributed by atoms with E-state index in [0.29, 0.717) is 0 Å². The van der Waals surface area contributed by atoms with E-state index in [-0.39, 0.29) is 0 Å². The van der Waals surface area contributed by atoms with E-state index in [1.807, 2.05) is 12.1 Å². The summed E-state index contributed by atoms with van der Waals surface area (Å²) in [4.78, 5) is 4.37. The highest BCUT2D eigenvalue weighted by atomic mass is 15.1. The maximum atomic E-state index is 4.37. The quantitative estimate of drug-likeness (QED) is 0.725. The van der Waals surface area contributed by atoms with Gasteiger partial charge in [-0.1, -0.05) is 31.2 Å². The second-order valence-corrected chi connectivity index (χ2v) is 4.02. The first-order chi connectivity index (χ1) is 8.38. The Morgan fingerprint density at radius 3 is 2.71 bits per heavy atom. The Kier molecular flexibility index (Phi) is 2.37. The molecule has 2 heterocycles. The molecule has 0 bridgehead atoms. The number of H-pyrrole nitrogens is 1. The fraction of sp³-hybridized carbons (Fsp3) is 0.143. The summed E-state index contributed by atoms with van der Waals surface area (Å²) in [6.07, 6.45) is 2.85. The average Bonchev–Trinajstić information content (AvgIpc) is 2.83. The summed E-state index contributed by atoms with van der Waals surface area (Å²) in [5.74, 6) is 0. The van der Waals surface area contributed by atoms with E-state index in [0.717, 1.165) is 28.7 Å². The van der Waals surface area contributed by atoms with Crippen LogP contribution in [0.4, 0.5) is 0 Å². The second-order valence-electron chi connectivity index (χ2n) is 4.02. The van der Waals surface area contributed by atoms with Crippen LogP contribution in [0.2, 0.25) is 0 Å². The van der Waals surface area contributed by atoms with E-state index in [1.54, 1.807) is 6.20 Å². The molecule has 3 heteroatoms. The minimum atomic E-state index is 0.920. The average molecular weight is 223 g/mol. The van der Waals surface area contributed by atoms with Gasteiger partial charge in [-0.3, -0.25) is 10.1 Å². The van der Waals surface area contributed by atoms with Crippen molar-refractivity contribution in [2.24, 2.45) is 0 Å². The summed E-state index contributed by atoms with van der Waals surface area (Å²) >= 11 is 0. The summed E-state index contributed by atoms with van der Waals surface area (Å²) < 4.78 is 0. The number of nitrogens with zero attached hydrogens (tertiary/aromatic N) is 2. The first kappa shape index (κ1) is 10.0. The molecule has 0 fully saturated rings. The van der Waals surface area contributed by atoms with Crippen LogP contribution in [-0.4, -0.2) is 15.2 Å². The van der Waals surface area contributed by atoms with Gasteiger partial charge in [0.25, 0.3) is 0 Å². The highest BCUT2D eigenvalue weighted by Gasteiger charge is 2.08. The van der Waals surface area contributed by atoms with E-state index >= 15 is 0 Å². The van der Waals surface area contributed by atoms with Gasteiger partial charge in [-0.25, -0.2) is 0 Å². The number of nitrogens with one attached hydrogen (secondary N) is 1. The number of hydrogen-bond acceptors (Lipinski definition) is 2. The molecular weight excluding hydrogens is 210 g/mol. The Labute approximate surface area is 99.5 Å². The topological polar surface area (TPSA) is 41.6 Å². The van der Waals surface area contributed by atoms with Crippen LogP contribution in [0.25, 0.3) is 22.3 Å². The number of aryl methyl sites for hydroxylation is 1. The SMILES string of the molecule is CCc1ccc(-c2n[nH]c3cccnc23)cc1. The molecule has 3 rings (SSSR count). The van der Waals surface area contributed by atoms with Crippen molar-refractivity contribution in [2.45, 2.75) is 13.3 Å². The van der Waals surface area contributed by atoms with Crippen molar-refractivity contribution in [3.05, 3.63) is 48.2 Å². The van der Waals surface area contributed by atoms with E-state index in [2.05, 4.69) is 46.4 Å². The van der Waals surface area contributed by atoms with Crippen LogP contribution in [0.15, 0.2) is 42.6 Å². The Balaban J connectivity index is 2.13. The number of pyridine rings is 1. The minimum absolute atomic E-state index is 0.920. The molecule has 0 saturated carbocycles. The van der Waals surface area contributed by atoms with Crippen molar-refractivity contribution < 1.29 is 0 Å². The van der Waals surface area contributed by atoms with Gasteiger partial charge in [-0.2, -0.15) is 5.10 Å². The molecule has 2 aromatic heterocycles. The lowest BCUT2D eigenvalue weighted by Crippen LogP contribution is -1.83. The van der Waals surface area contributed by atoms with Crippen LogP contribution in [0.5, 0.6) is 0 Å². The zero-order valence-corrected chi connectivity index (χ0v) is 9.64. The van der Waals surface area contributed by atoms with Crippen LogP contribution < -0.4 is 0 Å². The molecule has 0 saturated heterocycles. The third kappa shape index (κ3) is 1.69. The summed E-state index contributed by atoms with van der Waals surface area (Å²) in [5.41, 5.74) is 5.26. The van der Waals surface area contributed by atoms with Gasteiger partial charge in [0.1, 0.15) is 11.2 Å². The molecule has 1 N–H and O–H groups in total. The van der Waals surface area contributed by atoms with Gasteiger partial charge in [-0.15, -0.1) is 0 Å². The molecule has 0 amide bonds. The van der Waals surface area contributed by atoms with Gasteiger partial charge in [0.05, 0.1) is 5.52 Å². The Hall–Kier alpha value is -2.16.